The summed E-state index contributed by atoms with van der Waals surface area (Å²) in [4.78, 5) is 13.9. The highest BCUT2D eigenvalue weighted by molar-refractivity contribution is 7.99. The van der Waals surface area contributed by atoms with Gasteiger partial charge in [0.2, 0.25) is 0 Å². The van der Waals surface area contributed by atoms with Crippen LogP contribution in [0.2, 0.25) is 0 Å². The molecule has 2 aromatic heterocycles. The Morgan fingerprint density at radius 1 is 1.30 bits per heavy atom. The maximum absolute atomic E-state index is 10.4. The Bertz CT molecular complexity index is 938. The Balaban J connectivity index is 1.85. The third-order valence-electron chi connectivity index (χ3n) is 4.44. The molecule has 4 rings (SSSR count). The fourth-order valence-corrected chi connectivity index (χ4v) is 4.06. The maximum atomic E-state index is 10.4. The quantitative estimate of drug-likeness (QED) is 0.581. The molecule has 0 radical (unpaired) electrons. The van der Waals surface area contributed by atoms with Gasteiger partial charge in [0.25, 0.3) is 0 Å². The second kappa shape index (κ2) is 7.41. The minimum absolute atomic E-state index is 0.250. The lowest BCUT2D eigenvalue weighted by Gasteiger charge is -2.21. The van der Waals surface area contributed by atoms with Crippen molar-refractivity contribution in [3.8, 4) is 0 Å². The van der Waals surface area contributed by atoms with Crippen molar-refractivity contribution in [3.63, 3.8) is 0 Å². The van der Waals surface area contributed by atoms with Crippen LogP contribution in [0.3, 0.4) is 0 Å². The zero-order valence-corrected chi connectivity index (χ0v) is 15.3. The van der Waals surface area contributed by atoms with E-state index in [-0.39, 0.29) is 12.4 Å². The summed E-state index contributed by atoms with van der Waals surface area (Å²) >= 11 is 1.41. The van der Waals surface area contributed by atoms with Crippen LogP contribution in [0.1, 0.15) is 6.23 Å². The van der Waals surface area contributed by atoms with Gasteiger partial charge >= 0.3 is 0 Å². The number of rotatable bonds is 5. The molecule has 1 fully saturated rings. The van der Waals surface area contributed by atoms with Crippen LogP contribution in [0, 0.1) is 0 Å². The molecule has 9 nitrogen and oxygen atoms in total. The summed E-state index contributed by atoms with van der Waals surface area (Å²) < 4.78 is 13.1. The highest BCUT2D eigenvalue weighted by atomic mass is 32.2. The number of nitrogen functional groups attached to an aromatic ring is 1. The summed E-state index contributed by atoms with van der Waals surface area (Å²) in [5.41, 5.74) is 6.89. The molecule has 0 unspecified atom stereocenters. The third-order valence-corrected chi connectivity index (χ3v) is 5.42. The number of imidazole rings is 1. The second-order valence-corrected chi connectivity index (χ2v) is 7.09. The Labute approximate surface area is 159 Å². The lowest BCUT2D eigenvalue weighted by Crippen LogP contribution is -2.34. The number of nitrogens with two attached hydrogens (primary N) is 1. The number of benzene rings is 1. The van der Waals surface area contributed by atoms with Crippen LogP contribution in [0.5, 0.6) is 0 Å². The number of ether oxygens (including phenoxy) is 2. The molecule has 27 heavy (non-hydrogen) atoms. The van der Waals surface area contributed by atoms with Crippen LogP contribution in [-0.4, -0.2) is 61.8 Å². The van der Waals surface area contributed by atoms with Gasteiger partial charge in [-0.2, -0.15) is 0 Å². The summed E-state index contributed by atoms with van der Waals surface area (Å²) in [5.74, 6) is 0.250. The number of hydrogen-bond donors (Lipinski definition) is 3. The molecule has 4 N–H and O–H groups in total. The van der Waals surface area contributed by atoms with Gasteiger partial charge < -0.3 is 25.4 Å². The van der Waals surface area contributed by atoms with E-state index in [0.29, 0.717) is 16.3 Å². The number of aromatic nitrogens is 4. The van der Waals surface area contributed by atoms with Crippen LogP contribution in [0.15, 0.2) is 46.7 Å². The molecule has 0 aliphatic carbocycles. The van der Waals surface area contributed by atoms with Gasteiger partial charge in [-0.15, -0.1) is 0 Å². The maximum Gasteiger partial charge on any atom is 0.177 e. The molecule has 4 atom stereocenters. The molecule has 1 aliphatic heterocycles. The summed E-state index contributed by atoms with van der Waals surface area (Å²) in [6, 6.07) is 9.70. The topological polar surface area (TPSA) is 129 Å². The molecule has 3 aromatic rings. The molecule has 142 valence electrons. The first-order valence-corrected chi connectivity index (χ1v) is 9.14. The summed E-state index contributed by atoms with van der Waals surface area (Å²) in [7, 11) is 1.48. The SMILES string of the molecule is CO[C@@H]1[C@H](O)[C@@H](CO)O[C@H]1n1c(Sc2ccccc2)nc2c(N)ncnc21. The van der Waals surface area contributed by atoms with Gasteiger partial charge in [-0.25, -0.2) is 15.0 Å². The van der Waals surface area contributed by atoms with Gasteiger partial charge in [0.1, 0.15) is 24.6 Å². The normalized spacial score (nSPS) is 25.3. The van der Waals surface area contributed by atoms with Crippen LogP contribution in [-0.2, 0) is 9.47 Å². The number of methoxy groups -OCH3 is 1. The smallest absolute Gasteiger partial charge is 0.177 e. The first kappa shape index (κ1) is 18.1. The minimum atomic E-state index is -0.990. The van der Waals surface area contributed by atoms with Crippen molar-refractivity contribution in [1.82, 2.24) is 19.5 Å². The largest absolute Gasteiger partial charge is 0.394 e. The zero-order valence-electron chi connectivity index (χ0n) is 14.5. The number of anilines is 1. The number of nitrogens with zero attached hydrogens (tertiary/aromatic N) is 4. The highest BCUT2D eigenvalue weighted by Crippen LogP contribution is 2.39. The highest BCUT2D eigenvalue weighted by Gasteiger charge is 2.46. The van der Waals surface area contributed by atoms with Crippen molar-refractivity contribution in [2.45, 2.75) is 34.6 Å². The predicted octanol–water partition coefficient (Wildman–Crippen LogP) is 0.825. The summed E-state index contributed by atoms with van der Waals surface area (Å²) in [5, 5.41) is 20.5. The summed E-state index contributed by atoms with van der Waals surface area (Å²) in [6.45, 7) is -0.331. The number of hydrogen-bond acceptors (Lipinski definition) is 9. The van der Waals surface area contributed by atoms with E-state index in [2.05, 4.69) is 15.0 Å². The fraction of sp³-hybridized carbons (Fsp3) is 0.353. The van der Waals surface area contributed by atoms with Crippen LogP contribution < -0.4 is 5.73 Å². The molecular formula is C17H19N5O4S. The van der Waals surface area contributed by atoms with Gasteiger partial charge in [0.05, 0.1) is 6.61 Å². The number of aliphatic hydroxyl groups is 2. The van der Waals surface area contributed by atoms with Crippen molar-refractivity contribution in [2.24, 2.45) is 0 Å². The molecule has 1 aliphatic rings. The number of aliphatic hydroxyl groups excluding tert-OH is 2. The minimum Gasteiger partial charge on any atom is -0.394 e. The van der Waals surface area contributed by atoms with E-state index in [4.69, 9.17) is 15.2 Å². The predicted molar refractivity (Wildman–Crippen MR) is 98.1 cm³/mol. The monoisotopic (exact) mass is 389 g/mol. The molecule has 0 bridgehead atoms. The van der Waals surface area contributed by atoms with Crippen LogP contribution >= 0.6 is 11.8 Å². The molecule has 1 aromatic carbocycles. The Kier molecular flexibility index (Phi) is 4.98. The van der Waals surface area contributed by atoms with Crippen molar-refractivity contribution in [1.29, 1.82) is 0 Å². The first-order valence-electron chi connectivity index (χ1n) is 8.32. The van der Waals surface area contributed by atoms with Gasteiger partial charge in [-0.05, 0) is 12.1 Å². The second-order valence-electron chi connectivity index (χ2n) is 6.05. The molecule has 0 amide bonds. The van der Waals surface area contributed by atoms with Crippen molar-refractivity contribution in [3.05, 3.63) is 36.7 Å². The van der Waals surface area contributed by atoms with Gasteiger partial charge in [-0.3, -0.25) is 4.57 Å². The fourth-order valence-electron chi connectivity index (χ4n) is 3.13. The molecule has 0 saturated carbocycles. The van der Waals surface area contributed by atoms with E-state index in [1.807, 2.05) is 30.3 Å². The zero-order chi connectivity index (χ0) is 19.0. The molecule has 10 heteroatoms. The van der Waals surface area contributed by atoms with E-state index >= 15 is 0 Å². The molecule has 0 spiro atoms. The lowest BCUT2D eigenvalue weighted by molar-refractivity contribution is -0.0623. The average molecular weight is 389 g/mol. The average Bonchev–Trinajstić information content (AvgIpc) is 3.20. The van der Waals surface area contributed by atoms with E-state index in [0.717, 1.165) is 4.90 Å². The summed E-state index contributed by atoms with van der Waals surface area (Å²) in [6.07, 6.45) is -1.84. The Morgan fingerprint density at radius 3 is 2.78 bits per heavy atom. The van der Waals surface area contributed by atoms with E-state index in [1.165, 1.54) is 25.2 Å². The standard InChI is InChI=1S/C17H19N5O4S/c1-25-13-12(24)10(7-23)26-16(13)22-15-11(14(18)19-8-20-15)21-17(22)27-9-5-3-2-4-6-9/h2-6,8,10,12-13,16,23-24H,7H2,1H3,(H2,18,19,20)/t10-,12-,13-,16-/m1/s1. The molecule has 1 saturated heterocycles. The third kappa shape index (κ3) is 3.15. The number of fused-ring (bicyclic) bond motifs is 1. The van der Waals surface area contributed by atoms with E-state index in [9.17, 15) is 10.2 Å². The van der Waals surface area contributed by atoms with Crippen LogP contribution in [0.25, 0.3) is 11.2 Å². The van der Waals surface area contributed by atoms with E-state index < -0.39 is 24.5 Å². The molecule has 3 heterocycles. The van der Waals surface area contributed by atoms with Crippen LogP contribution in [0.4, 0.5) is 5.82 Å². The van der Waals surface area contributed by atoms with Gasteiger partial charge in [0, 0.05) is 12.0 Å². The lowest BCUT2D eigenvalue weighted by atomic mass is 10.1. The molecular weight excluding hydrogens is 370 g/mol. The van der Waals surface area contributed by atoms with E-state index in [1.54, 1.807) is 4.57 Å². The van der Waals surface area contributed by atoms with Crippen molar-refractivity contribution in [2.75, 3.05) is 19.5 Å². The van der Waals surface area contributed by atoms with Crippen molar-refractivity contribution < 1.29 is 19.7 Å². The van der Waals surface area contributed by atoms with Gasteiger partial charge in [0.15, 0.2) is 28.4 Å². The first-order chi connectivity index (χ1) is 13.1. The Hall–Kier alpha value is -2.24. The van der Waals surface area contributed by atoms with Crippen molar-refractivity contribution >= 4 is 28.7 Å². The van der Waals surface area contributed by atoms with Gasteiger partial charge in [-0.1, -0.05) is 30.0 Å². The Morgan fingerprint density at radius 2 is 2.07 bits per heavy atom.